The zero-order chi connectivity index (χ0) is 26.2. The second-order valence-corrected chi connectivity index (χ2v) is 7.07. The Morgan fingerprint density at radius 3 is 0.943 bits per heavy atom. The summed E-state index contributed by atoms with van der Waals surface area (Å²) in [5, 5.41) is 5.22. The van der Waals surface area contributed by atoms with Crippen molar-refractivity contribution in [3.63, 3.8) is 0 Å². The van der Waals surface area contributed by atoms with Crippen LogP contribution in [0.5, 0.6) is 0 Å². The summed E-state index contributed by atoms with van der Waals surface area (Å²) in [5.74, 6) is 0. The fourth-order valence-corrected chi connectivity index (χ4v) is 4.08. The SMILES string of the molecule is CC.CC.CC.CC.Cc1ccc(-c2c3ccccc3c(-c3ccccc3)c3ccccc23)cc1. The van der Waals surface area contributed by atoms with Crippen molar-refractivity contribution in [3.8, 4) is 22.3 Å². The number of fused-ring (bicyclic) bond motifs is 2. The average Bonchev–Trinajstić information content (AvgIpc) is 2.97. The van der Waals surface area contributed by atoms with Crippen molar-refractivity contribution >= 4 is 21.5 Å². The first kappa shape index (κ1) is 29.7. The molecule has 0 aliphatic carbocycles. The van der Waals surface area contributed by atoms with Crippen molar-refractivity contribution in [3.05, 3.63) is 109 Å². The number of aryl methyl sites for hydroxylation is 1. The Morgan fingerprint density at radius 1 is 0.314 bits per heavy atom. The van der Waals surface area contributed by atoms with Gasteiger partial charge in [-0.25, -0.2) is 0 Å². The normalized spacial score (nSPS) is 9.29. The van der Waals surface area contributed by atoms with Crippen LogP contribution in [0.25, 0.3) is 43.8 Å². The van der Waals surface area contributed by atoms with Crippen LogP contribution in [0.1, 0.15) is 61.0 Å². The number of hydrogen-bond donors (Lipinski definition) is 0. The molecule has 0 atom stereocenters. The van der Waals surface area contributed by atoms with E-state index in [0.29, 0.717) is 0 Å². The monoisotopic (exact) mass is 464 g/mol. The molecule has 5 rings (SSSR count). The summed E-state index contributed by atoms with van der Waals surface area (Å²) in [6.45, 7) is 18.1. The van der Waals surface area contributed by atoms with Gasteiger partial charge in [0.25, 0.3) is 0 Å². The van der Waals surface area contributed by atoms with Gasteiger partial charge in [-0.2, -0.15) is 0 Å². The van der Waals surface area contributed by atoms with E-state index in [9.17, 15) is 0 Å². The zero-order valence-electron chi connectivity index (χ0n) is 23.3. The molecule has 0 radical (unpaired) electrons. The predicted octanol–water partition coefficient (Wildman–Crippen LogP) is 11.7. The Hall–Kier alpha value is -3.38. The largest absolute Gasteiger partial charge is 0.0683 e. The van der Waals surface area contributed by atoms with E-state index in [4.69, 9.17) is 0 Å². The van der Waals surface area contributed by atoms with E-state index in [1.54, 1.807) is 0 Å². The molecule has 0 amide bonds. The van der Waals surface area contributed by atoms with E-state index >= 15 is 0 Å². The highest BCUT2D eigenvalue weighted by atomic mass is 14.2. The maximum absolute atomic E-state index is 2.25. The maximum atomic E-state index is 2.25. The van der Waals surface area contributed by atoms with Gasteiger partial charge in [-0.05, 0) is 50.7 Å². The molecule has 0 fully saturated rings. The van der Waals surface area contributed by atoms with Crippen LogP contribution in [0, 0.1) is 6.92 Å². The molecule has 0 heterocycles. The molecule has 0 aliphatic heterocycles. The molecule has 0 heteroatoms. The molecular weight excluding hydrogens is 420 g/mol. The van der Waals surface area contributed by atoms with Gasteiger partial charge in [0.2, 0.25) is 0 Å². The second kappa shape index (κ2) is 16.3. The van der Waals surface area contributed by atoms with Gasteiger partial charge in [-0.3, -0.25) is 0 Å². The summed E-state index contributed by atoms with van der Waals surface area (Å²) in [5.41, 5.74) is 6.46. The summed E-state index contributed by atoms with van der Waals surface area (Å²) < 4.78 is 0. The third-order valence-corrected chi connectivity index (χ3v) is 5.33. The Bertz CT molecular complexity index is 1190. The molecule has 0 unspecified atom stereocenters. The summed E-state index contributed by atoms with van der Waals surface area (Å²) in [6, 6.07) is 37.2. The minimum absolute atomic E-state index is 1.26. The van der Waals surface area contributed by atoms with Crippen LogP contribution in [0.15, 0.2) is 103 Å². The molecule has 0 saturated heterocycles. The van der Waals surface area contributed by atoms with Crippen molar-refractivity contribution in [1.29, 1.82) is 0 Å². The lowest BCUT2D eigenvalue weighted by Gasteiger charge is -2.17. The first-order valence-corrected chi connectivity index (χ1v) is 13.4. The van der Waals surface area contributed by atoms with Gasteiger partial charge in [-0.1, -0.05) is 164 Å². The fourth-order valence-electron chi connectivity index (χ4n) is 4.08. The van der Waals surface area contributed by atoms with Gasteiger partial charge in [0.15, 0.2) is 0 Å². The molecule has 0 N–H and O–H groups in total. The maximum Gasteiger partial charge on any atom is -0.00264 e. The zero-order valence-corrected chi connectivity index (χ0v) is 23.3. The molecule has 35 heavy (non-hydrogen) atoms. The van der Waals surface area contributed by atoms with Gasteiger partial charge in [0.05, 0.1) is 0 Å². The molecule has 5 aromatic rings. The molecule has 0 bridgehead atoms. The number of benzene rings is 5. The minimum atomic E-state index is 1.26. The van der Waals surface area contributed by atoms with E-state index in [1.807, 2.05) is 55.4 Å². The van der Waals surface area contributed by atoms with E-state index in [2.05, 4.69) is 110 Å². The van der Waals surface area contributed by atoms with Crippen LogP contribution < -0.4 is 0 Å². The molecule has 0 saturated carbocycles. The van der Waals surface area contributed by atoms with Crippen molar-refractivity contribution in [2.45, 2.75) is 62.3 Å². The summed E-state index contributed by atoms with van der Waals surface area (Å²) in [6.07, 6.45) is 0. The molecule has 5 aromatic carbocycles. The van der Waals surface area contributed by atoms with Crippen LogP contribution in [0.2, 0.25) is 0 Å². The Kier molecular flexibility index (Phi) is 13.8. The van der Waals surface area contributed by atoms with Crippen LogP contribution in [0.3, 0.4) is 0 Å². The Morgan fingerprint density at radius 2 is 0.600 bits per heavy atom. The number of rotatable bonds is 2. The van der Waals surface area contributed by atoms with Crippen molar-refractivity contribution in [2.24, 2.45) is 0 Å². The van der Waals surface area contributed by atoms with Crippen LogP contribution in [-0.4, -0.2) is 0 Å². The van der Waals surface area contributed by atoms with E-state index < -0.39 is 0 Å². The first-order valence-electron chi connectivity index (χ1n) is 13.4. The van der Waals surface area contributed by atoms with Gasteiger partial charge >= 0.3 is 0 Å². The lowest BCUT2D eigenvalue weighted by Crippen LogP contribution is -1.90. The molecule has 0 aromatic heterocycles. The lowest BCUT2D eigenvalue weighted by atomic mass is 9.86. The Labute approximate surface area is 214 Å². The van der Waals surface area contributed by atoms with E-state index in [1.165, 1.54) is 49.4 Å². The van der Waals surface area contributed by atoms with Gasteiger partial charge in [0, 0.05) is 0 Å². The standard InChI is InChI=1S/C27H20.4C2H6/c1-19-15-17-21(18-16-19)27-24-13-7-5-11-22(24)26(20-9-3-2-4-10-20)23-12-6-8-14-25(23)27;4*1-2/h2-18H,1H3;4*1-2H3. The summed E-state index contributed by atoms with van der Waals surface area (Å²) in [7, 11) is 0. The Balaban J connectivity index is 0.000000699. The molecule has 0 aliphatic rings. The molecule has 0 nitrogen and oxygen atoms in total. The third kappa shape index (κ3) is 6.83. The number of hydrogen-bond acceptors (Lipinski definition) is 0. The fraction of sp³-hybridized carbons (Fsp3) is 0.257. The van der Waals surface area contributed by atoms with Crippen LogP contribution in [0.4, 0.5) is 0 Å². The molecular formula is C35H44. The van der Waals surface area contributed by atoms with E-state index in [0.717, 1.165) is 0 Å². The predicted molar refractivity (Wildman–Crippen MR) is 162 cm³/mol. The second-order valence-electron chi connectivity index (χ2n) is 7.07. The highest BCUT2D eigenvalue weighted by Crippen LogP contribution is 2.43. The van der Waals surface area contributed by atoms with Crippen LogP contribution >= 0.6 is 0 Å². The first-order chi connectivity index (χ1) is 17.3. The van der Waals surface area contributed by atoms with Gasteiger partial charge in [-0.15, -0.1) is 0 Å². The highest BCUT2D eigenvalue weighted by molar-refractivity contribution is 6.21. The lowest BCUT2D eigenvalue weighted by molar-refractivity contribution is 1.47. The van der Waals surface area contributed by atoms with Crippen LogP contribution in [-0.2, 0) is 0 Å². The minimum Gasteiger partial charge on any atom is -0.0683 e. The van der Waals surface area contributed by atoms with Gasteiger partial charge < -0.3 is 0 Å². The molecule has 0 spiro atoms. The summed E-state index contributed by atoms with van der Waals surface area (Å²) in [4.78, 5) is 0. The quantitative estimate of drug-likeness (QED) is 0.228. The van der Waals surface area contributed by atoms with E-state index in [-0.39, 0.29) is 0 Å². The molecule has 184 valence electrons. The van der Waals surface area contributed by atoms with Crippen molar-refractivity contribution in [1.82, 2.24) is 0 Å². The smallest absolute Gasteiger partial charge is 0.00264 e. The highest BCUT2D eigenvalue weighted by Gasteiger charge is 2.15. The topological polar surface area (TPSA) is 0 Å². The average molecular weight is 465 g/mol. The summed E-state index contributed by atoms with van der Waals surface area (Å²) >= 11 is 0. The van der Waals surface area contributed by atoms with Crippen molar-refractivity contribution < 1.29 is 0 Å². The van der Waals surface area contributed by atoms with Crippen molar-refractivity contribution in [2.75, 3.05) is 0 Å². The van der Waals surface area contributed by atoms with Gasteiger partial charge in [0.1, 0.15) is 0 Å². The third-order valence-electron chi connectivity index (χ3n) is 5.33.